The fraction of sp³-hybridized carbons (Fsp3) is 0.364. The Morgan fingerprint density at radius 3 is 2.55 bits per heavy atom. The Kier molecular flexibility index (Phi) is 4.35. The molecule has 4 aromatic rings. The van der Waals surface area contributed by atoms with Crippen molar-refractivity contribution in [3.05, 3.63) is 54.1 Å². The molecule has 0 spiro atoms. The molecule has 5 rings (SSSR count). The third-order valence-electron chi connectivity index (χ3n) is 5.64. The van der Waals surface area contributed by atoms with Gasteiger partial charge >= 0.3 is 0 Å². The first-order chi connectivity index (χ1) is 14.8. The number of carbonyl (C=O) groups excluding carboxylic acids is 1. The Bertz CT molecular complexity index is 1290. The van der Waals surface area contributed by atoms with E-state index in [0.29, 0.717) is 18.8 Å². The molecule has 0 N–H and O–H groups in total. The molecule has 0 bridgehead atoms. The van der Waals surface area contributed by atoms with Gasteiger partial charge in [-0.3, -0.25) is 9.78 Å². The molecule has 1 aromatic carbocycles. The van der Waals surface area contributed by atoms with Crippen molar-refractivity contribution in [1.29, 1.82) is 0 Å². The second-order valence-corrected chi connectivity index (χ2v) is 8.95. The molecule has 1 aliphatic rings. The normalized spacial score (nSPS) is 14.8. The van der Waals surface area contributed by atoms with E-state index in [4.69, 9.17) is 5.10 Å². The fourth-order valence-electron chi connectivity index (χ4n) is 3.71. The lowest BCUT2D eigenvalue weighted by molar-refractivity contribution is 0.0699. The van der Waals surface area contributed by atoms with Crippen LogP contribution in [0.2, 0.25) is 0 Å². The molecule has 158 valence electrons. The van der Waals surface area contributed by atoms with E-state index in [1.807, 2.05) is 48.0 Å². The van der Waals surface area contributed by atoms with Crippen LogP contribution >= 0.6 is 0 Å². The number of hydrogen-bond donors (Lipinski definition) is 0. The highest BCUT2D eigenvalue weighted by atomic mass is 16.2. The fourth-order valence-corrected chi connectivity index (χ4v) is 3.71. The van der Waals surface area contributed by atoms with E-state index in [0.717, 1.165) is 28.3 Å². The van der Waals surface area contributed by atoms with E-state index in [-0.39, 0.29) is 17.4 Å². The van der Waals surface area contributed by atoms with Crippen LogP contribution in [0.1, 0.15) is 37.1 Å². The van der Waals surface area contributed by atoms with Gasteiger partial charge in [-0.1, -0.05) is 32.9 Å². The number of benzene rings is 1. The zero-order valence-electron chi connectivity index (χ0n) is 18.0. The van der Waals surface area contributed by atoms with Crippen molar-refractivity contribution in [2.45, 2.75) is 32.2 Å². The maximum atomic E-state index is 12.9. The van der Waals surface area contributed by atoms with Crippen molar-refractivity contribution in [1.82, 2.24) is 34.7 Å². The number of likely N-dealkylation sites (N-methyl/N-ethyl adjacent to an activating group) is 1. The Labute approximate surface area is 179 Å². The standard InChI is InChI=1S/C22H24N8O/c1-22(2,3)21-26-25-18-9-10-19(27-30(18)21)29-12-14(13-29)28(4)20(31)17-11-23-15-7-5-6-8-16(15)24-17/h5-11,14H,12-13H2,1-4H3. The third kappa shape index (κ3) is 3.35. The predicted octanol–water partition coefficient (Wildman–Crippen LogP) is 2.33. The Balaban J connectivity index is 1.31. The summed E-state index contributed by atoms with van der Waals surface area (Å²) < 4.78 is 1.81. The number of hydrogen-bond acceptors (Lipinski definition) is 7. The zero-order valence-corrected chi connectivity index (χ0v) is 18.0. The molecule has 0 unspecified atom stereocenters. The van der Waals surface area contributed by atoms with Crippen LogP contribution in [0.4, 0.5) is 5.82 Å². The van der Waals surface area contributed by atoms with Crippen LogP contribution in [0, 0.1) is 0 Å². The second kappa shape index (κ2) is 6.97. The van der Waals surface area contributed by atoms with Crippen LogP contribution in [0.5, 0.6) is 0 Å². The summed E-state index contributed by atoms with van der Waals surface area (Å²) in [6, 6.07) is 11.5. The summed E-state index contributed by atoms with van der Waals surface area (Å²) >= 11 is 0. The first kappa shape index (κ1) is 19.3. The minimum atomic E-state index is -0.157. The number of rotatable bonds is 3. The molecule has 9 heteroatoms. The quantitative estimate of drug-likeness (QED) is 0.506. The van der Waals surface area contributed by atoms with Crippen LogP contribution in [-0.4, -0.2) is 66.8 Å². The first-order valence-corrected chi connectivity index (χ1v) is 10.3. The van der Waals surface area contributed by atoms with Gasteiger partial charge in [0.1, 0.15) is 11.5 Å². The summed E-state index contributed by atoms with van der Waals surface area (Å²) in [5, 5.41) is 13.3. The van der Waals surface area contributed by atoms with E-state index >= 15 is 0 Å². The van der Waals surface area contributed by atoms with Gasteiger partial charge in [0, 0.05) is 25.6 Å². The van der Waals surface area contributed by atoms with Gasteiger partial charge in [-0.05, 0) is 24.3 Å². The van der Waals surface area contributed by atoms with Crippen molar-refractivity contribution in [2.75, 3.05) is 25.0 Å². The van der Waals surface area contributed by atoms with E-state index in [2.05, 4.69) is 45.8 Å². The summed E-state index contributed by atoms with van der Waals surface area (Å²) in [7, 11) is 1.81. The second-order valence-electron chi connectivity index (χ2n) is 8.95. The molecule has 1 amide bonds. The van der Waals surface area contributed by atoms with E-state index in [1.54, 1.807) is 11.1 Å². The van der Waals surface area contributed by atoms with Crippen LogP contribution < -0.4 is 4.90 Å². The van der Waals surface area contributed by atoms with Gasteiger partial charge in [0.05, 0.1) is 23.3 Å². The van der Waals surface area contributed by atoms with Gasteiger partial charge in [0.2, 0.25) is 0 Å². The summed E-state index contributed by atoms with van der Waals surface area (Å²) in [6.45, 7) is 7.68. The first-order valence-electron chi connectivity index (χ1n) is 10.3. The number of nitrogens with zero attached hydrogens (tertiary/aromatic N) is 8. The lowest BCUT2D eigenvalue weighted by atomic mass is 9.96. The van der Waals surface area contributed by atoms with Gasteiger partial charge < -0.3 is 9.80 Å². The van der Waals surface area contributed by atoms with Crippen molar-refractivity contribution < 1.29 is 4.79 Å². The van der Waals surface area contributed by atoms with Crippen molar-refractivity contribution in [3.8, 4) is 0 Å². The SMILES string of the molecule is CN(C(=O)c1cnc2ccccc2n1)C1CN(c2ccc3nnc(C(C)(C)C)n3n2)C1. The lowest BCUT2D eigenvalue weighted by Crippen LogP contribution is -2.60. The predicted molar refractivity (Wildman–Crippen MR) is 117 cm³/mol. The molecule has 4 heterocycles. The molecular formula is C22H24N8O. The van der Waals surface area contributed by atoms with Crippen molar-refractivity contribution in [2.24, 2.45) is 0 Å². The number of amides is 1. The lowest BCUT2D eigenvalue weighted by Gasteiger charge is -2.44. The van der Waals surface area contributed by atoms with Gasteiger partial charge in [0.15, 0.2) is 11.5 Å². The maximum Gasteiger partial charge on any atom is 0.274 e. The highest BCUT2D eigenvalue weighted by molar-refractivity contribution is 5.94. The smallest absolute Gasteiger partial charge is 0.274 e. The summed E-state index contributed by atoms with van der Waals surface area (Å²) in [5.74, 6) is 1.55. The zero-order chi connectivity index (χ0) is 21.8. The van der Waals surface area contributed by atoms with Gasteiger partial charge in [-0.2, -0.15) is 4.52 Å². The van der Waals surface area contributed by atoms with Crippen LogP contribution in [0.3, 0.4) is 0 Å². The topological polar surface area (TPSA) is 92.4 Å². The van der Waals surface area contributed by atoms with E-state index in [9.17, 15) is 4.79 Å². The average molecular weight is 416 g/mol. The highest BCUT2D eigenvalue weighted by Gasteiger charge is 2.34. The van der Waals surface area contributed by atoms with Gasteiger partial charge in [-0.25, -0.2) is 4.98 Å². The van der Waals surface area contributed by atoms with Gasteiger partial charge in [0.25, 0.3) is 5.91 Å². The number of fused-ring (bicyclic) bond motifs is 2. The van der Waals surface area contributed by atoms with E-state index in [1.165, 1.54) is 0 Å². The molecule has 0 saturated carbocycles. The molecule has 0 atom stereocenters. The largest absolute Gasteiger partial charge is 0.351 e. The summed E-state index contributed by atoms with van der Waals surface area (Å²) in [4.78, 5) is 25.7. The Hall–Kier alpha value is -3.62. The van der Waals surface area contributed by atoms with Crippen LogP contribution in [-0.2, 0) is 5.41 Å². The molecule has 1 aliphatic heterocycles. The third-order valence-corrected chi connectivity index (χ3v) is 5.64. The Morgan fingerprint density at radius 1 is 1.06 bits per heavy atom. The number of anilines is 1. The number of aromatic nitrogens is 6. The number of carbonyl (C=O) groups is 1. The number of para-hydroxylation sites is 2. The molecule has 31 heavy (non-hydrogen) atoms. The summed E-state index contributed by atoms with van der Waals surface area (Å²) in [5.41, 5.74) is 2.43. The summed E-state index contributed by atoms with van der Waals surface area (Å²) in [6.07, 6.45) is 1.55. The monoisotopic (exact) mass is 416 g/mol. The Morgan fingerprint density at radius 2 is 1.81 bits per heavy atom. The molecule has 3 aromatic heterocycles. The minimum Gasteiger partial charge on any atom is -0.351 e. The van der Waals surface area contributed by atoms with Crippen LogP contribution in [0.25, 0.3) is 16.7 Å². The average Bonchev–Trinajstić information content (AvgIpc) is 3.15. The maximum absolute atomic E-state index is 12.9. The molecular weight excluding hydrogens is 392 g/mol. The molecule has 0 radical (unpaired) electrons. The molecule has 1 saturated heterocycles. The molecule has 0 aliphatic carbocycles. The molecule has 9 nitrogen and oxygen atoms in total. The van der Waals surface area contributed by atoms with Crippen LogP contribution in [0.15, 0.2) is 42.6 Å². The van der Waals surface area contributed by atoms with Crippen molar-refractivity contribution in [3.63, 3.8) is 0 Å². The molecule has 1 fully saturated rings. The highest BCUT2D eigenvalue weighted by Crippen LogP contribution is 2.25. The minimum absolute atomic E-state index is 0.0845. The van der Waals surface area contributed by atoms with E-state index < -0.39 is 0 Å². The van der Waals surface area contributed by atoms with Crippen molar-refractivity contribution >= 4 is 28.4 Å². The van der Waals surface area contributed by atoms with Gasteiger partial charge in [-0.15, -0.1) is 15.3 Å².